The maximum atomic E-state index is 13.5. The van der Waals surface area contributed by atoms with Crippen molar-refractivity contribution in [3.05, 3.63) is 76.6 Å². The number of carboxylic acid groups (broad SMARTS) is 1. The van der Waals surface area contributed by atoms with Crippen molar-refractivity contribution < 1.29 is 14.7 Å². The topological polar surface area (TPSA) is 79.3 Å². The number of hydrogen-bond donors (Lipinski definition) is 2. The summed E-state index contributed by atoms with van der Waals surface area (Å²) in [6, 6.07) is 15.7. The van der Waals surface area contributed by atoms with E-state index in [-0.39, 0.29) is 5.91 Å². The zero-order valence-electron chi connectivity index (χ0n) is 17.8. The Kier molecular flexibility index (Phi) is 6.81. The van der Waals surface area contributed by atoms with Crippen molar-refractivity contribution in [2.45, 2.75) is 38.5 Å². The van der Waals surface area contributed by atoms with Crippen LogP contribution in [0.2, 0.25) is 0 Å². The molecule has 1 amide bonds. The van der Waals surface area contributed by atoms with Gasteiger partial charge in [-0.2, -0.15) is 0 Å². The summed E-state index contributed by atoms with van der Waals surface area (Å²) in [6.07, 6.45) is 8.31. The zero-order chi connectivity index (χ0) is 22.4. The molecule has 4 rings (SSSR count). The van der Waals surface area contributed by atoms with Gasteiger partial charge in [0.2, 0.25) is 5.91 Å². The molecular weight excluding hydrogens is 420 g/mol. The van der Waals surface area contributed by atoms with Crippen LogP contribution in [0.15, 0.2) is 65.5 Å². The lowest BCUT2D eigenvalue weighted by molar-refractivity contribution is -0.131. The number of carbonyl (C=O) groups excluding carboxylic acids is 1. The molecule has 0 unspecified atom stereocenters. The average Bonchev–Trinajstić information content (AvgIpc) is 3.34. The number of hydrogen-bond acceptors (Lipinski definition) is 4. The molecule has 164 valence electrons. The molecule has 1 aromatic heterocycles. The first-order valence-electron chi connectivity index (χ1n) is 10.8. The van der Waals surface area contributed by atoms with Gasteiger partial charge in [-0.05, 0) is 48.6 Å². The average molecular weight is 447 g/mol. The van der Waals surface area contributed by atoms with Gasteiger partial charge in [0, 0.05) is 22.7 Å². The number of carbonyl (C=O) groups is 2. The Bertz CT molecular complexity index is 1100. The van der Waals surface area contributed by atoms with Crippen molar-refractivity contribution >= 4 is 35.0 Å². The molecule has 5 nitrogen and oxygen atoms in total. The van der Waals surface area contributed by atoms with Crippen molar-refractivity contribution in [2.75, 3.05) is 5.32 Å². The van der Waals surface area contributed by atoms with E-state index in [4.69, 9.17) is 5.11 Å². The number of carboxylic acids is 1. The molecule has 1 heterocycles. The number of aliphatic carboxylic acids is 1. The van der Waals surface area contributed by atoms with Gasteiger partial charge >= 0.3 is 5.97 Å². The molecule has 0 atom stereocenters. The van der Waals surface area contributed by atoms with E-state index < -0.39 is 11.4 Å². The van der Waals surface area contributed by atoms with Crippen molar-refractivity contribution in [1.29, 1.82) is 0 Å². The maximum Gasteiger partial charge on any atom is 0.328 e. The van der Waals surface area contributed by atoms with E-state index in [1.54, 1.807) is 17.4 Å². The molecule has 1 aliphatic carbocycles. The molecule has 3 aromatic rings. The Morgan fingerprint density at radius 2 is 1.88 bits per heavy atom. The molecule has 0 radical (unpaired) electrons. The summed E-state index contributed by atoms with van der Waals surface area (Å²) in [6.45, 7) is 0. The van der Waals surface area contributed by atoms with Gasteiger partial charge in [-0.1, -0.05) is 55.7 Å². The molecule has 0 aliphatic heterocycles. The molecule has 6 heteroatoms. The van der Waals surface area contributed by atoms with Crippen LogP contribution in [0.5, 0.6) is 0 Å². The van der Waals surface area contributed by atoms with Crippen LogP contribution in [0.1, 0.15) is 43.2 Å². The van der Waals surface area contributed by atoms with E-state index in [0.717, 1.165) is 60.6 Å². The van der Waals surface area contributed by atoms with Gasteiger partial charge in [-0.3, -0.25) is 4.79 Å². The highest BCUT2D eigenvalue weighted by Crippen LogP contribution is 2.40. The van der Waals surface area contributed by atoms with E-state index in [0.29, 0.717) is 12.1 Å². The van der Waals surface area contributed by atoms with Crippen molar-refractivity contribution in [1.82, 2.24) is 4.98 Å². The highest BCUT2D eigenvalue weighted by Gasteiger charge is 2.39. The second-order valence-electron chi connectivity index (χ2n) is 8.34. The fraction of sp³-hybridized carbons (Fsp3) is 0.269. The Hall–Kier alpha value is -3.25. The minimum atomic E-state index is -0.999. The van der Waals surface area contributed by atoms with Crippen LogP contribution in [0.25, 0.3) is 17.3 Å². The lowest BCUT2D eigenvalue weighted by Crippen LogP contribution is -2.40. The van der Waals surface area contributed by atoms with Gasteiger partial charge in [-0.25, -0.2) is 9.78 Å². The molecule has 32 heavy (non-hydrogen) atoms. The number of thiazole rings is 1. The van der Waals surface area contributed by atoms with E-state index in [1.165, 1.54) is 6.08 Å². The van der Waals surface area contributed by atoms with Gasteiger partial charge in [0.25, 0.3) is 0 Å². The summed E-state index contributed by atoms with van der Waals surface area (Å²) in [7, 11) is 0. The molecule has 1 fully saturated rings. The fourth-order valence-electron chi connectivity index (χ4n) is 4.40. The quantitative estimate of drug-likeness (QED) is 0.434. The normalized spacial score (nSPS) is 15.5. The summed E-state index contributed by atoms with van der Waals surface area (Å²) in [5, 5.41) is 14.0. The molecule has 2 N–H and O–H groups in total. The zero-order valence-corrected chi connectivity index (χ0v) is 18.6. The minimum Gasteiger partial charge on any atom is -0.478 e. The summed E-state index contributed by atoms with van der Waals surface area (Å²) >= 11 is 1.58. The predicted molar refractivity (Wildman–Crippen MR) is 129 cm³/mol. The second-order valence-corrected chi connectivity index (χ2v) is 9.06. The Labute approximate surface area is 191 Å². The van der Waals surface area contributed by atoms with Crippen LogP contribution in [0.4, 0.5) is 5.69 Å². The van der Waals surface area contributed by atoms with Gasteiger partial charge in [0.05, 0.1) is 16.6 Å². The van der Waals surface area contributed by atoms with Crippen LogP contribution >= 0.6 is 11.3 Å². The molecule has 0 bridgehead atoms. The van der Waals surface area contributed by atoms with Crippen molar-refractivity contribution in [2.24, 2.45) is 5.41 Å². The Balaban J connectivity index is 1.52. The van der Waals surface area contributed by atoms with E-state index >= 15 is 0 Å². The van der Waals surface area contributed by atoms with Crippen LogP contribution in [-0.4, -0.2) is 22.0 Å². The molecule has 0 saturated heterocycles. The first kappa shape index (κ1) is 22.0. The Morgan fingerprint density at radius 3 is 2.56 bits per heavy atom. The van der Waals surface area contributed by atoms with E-state index in [1.807, 2.05) is 29.1 Å². The predicted octanol–water partition coefficient (Wildman–Crippen LogP) is 6.04. The standard InChI is InChI=1S/C26H26N2O3S/c29-24(30)12-9-19-5-4-6-22(15-19)28-25(31)26(13-2-1-3-14-26)16-20-7-10-21(11-8-20)23-17-32-18-27-23/h4-12,15,17-18H,1-3,13-14,16H2,(H,28,31)(H,29,30)/b12-9+. The smallest absolute Gasteiger partial charge is 0.328 e. The summed E-state index contributed by atoms with van der Waals surface area (Å²) in [4.78, 5) is 28.6. The number of nitrogens with one attached hydrogen (secondary N) is 1. The number of rotatable bonds is 7. The lowest BCUT2D eigenvalue weighted by Gasteiger charge is -2.36. The van der Waals surface area contributed by atoms with Gasteiger partial charge in [0.1, 0.15) is 0 Å². The summed E-state index contributed by atoms with van der Waals surface area (Å²) in [5.41, 5.74) is 6.03. The highest BCUT2D eigenvalue weighted by molar-refractivity contribution is 7.07. The van der Waals surface area contributed by atoms with Crippen LogP contribution < -0.4 is 5.32 Å². The Morgan fingerprint density at radius 1 is 1.09 bits per heavy atom. The second kappa shape index (κ2) is 9.92. The van der Waals surface area contributed by atoms with Crippen molar-refractivity contribution in [3.8, 4) is 11.3 Å². The number of anilines is 1. The highest BCUT2D eigenvalue weighted by atomic mass is 32.1. The molecular formula is C26H26N2O3S. The first-order chi connectivity index (χ1) is 15.5. The number of nitrogens with zero attached hydrogens (tertiary/aromatic N) is 1. The number of benzene rings is 2. The third-order valence-electron chi connectivity index (χ3n) is 6.08. The largest absolute Gasteiger partial charge is 0.478 e. The molecule has 1 saturated carbocycles. The third kappa shape index (κ3) is 5.32. The van der Waals surface area contributed by atoms with Gasteiger partial charge in [-0.15, -0.1) is 11.3 Å². The van der Waals surface area contributed by atoms with Crippen LogP contribution in [0.3, 0.4) is 0 Å². The molecule has 1 aliphatic rings. The minimum absolute atomic E-state index is 0.0418. The summed E-state index contributed by atoms with van der Waals surface area (Å²) < 4.78 is 0. The lowest BCUT2D eigenvalue weighted by atomic mass is 9.69. The van der Waals surface area contributed by atoms with Crippen LogP contribution in [-0.2, 0) is 16.0 Å². The van der Waals surface area contributed by atoms with Crippen molar-refractivity contribution in [3.63, 3.8) is 0 Å². The summed E-state index contributed by atoms with van der Waals surface area (Å²) in [5.74, 6) is -0.957. The van der Waals surface area contributed by atoms with Gasteiger partial charge < -0.3 is 10.4 Å². The maximum absolute atomic E-state index is 13.5. The number of amides is 1. The van der Waals surface area contributed by atoms with Crippen LogP contribution in [0, 0.1) is 5.41 Å². The first-order valence-corrected chi connectivity index (χ1v) is 11.8. The van der Waals surface area contributed by atoms with E-state index in [2.05, 4.69) is 34.6 Å². The SMILES string of the molecule is O=C(O)/C=C/c1cccc(NC(=O)C2(Cc3ccc(-c4cscn4)cc3)CCCCC2)c1. The van der Waals surface area contributed by atoms with E-state index in [9.17, 15) is 9.59 Å². The molecule has 2 aromatic carbocycles. The third-order valence-corrected chi connectivity index (χ3v) is 6.67. The van der Waals surface area contributed by atoms with Gasteiger partial charge in [0.15, 0.2) is 0 Å². The number of aromatic nitrogens is 1. The monoisotopic (exact) mass is 446 g/mol. The fourth-order valence-corrected chi connectivity index (χ4v) is 4.96. The molecule has 0 spiro atoms.